The van der Waals surface area contributed by atoms with Crippen molar-refractivity contribution in [2.45, 2.75) is 12.8 Å². The second kappa shape index (κ2) is 3.59. The molecule has 1 aliphatic carbocycles. The summed E-state index contributed by atoms with van der Waals surface area (Å²) >= 11 is 0. The van der Waals surface area contributed by atoms with Crippen LogP contribution in [0.2, 0.25) is 0 Å². The van der Waals surface area contributed by atoms with Crippen molar-refractivity contribution >= 4 is 11.4 Å². The standard InChI is InChI=1S/C11H13N3/c12-6-9-2-1-3-10(11(9)13)14-7-8-4-5-8/h1-3,8,14H,4-5,7,13H2. The Balaban J connectivity index is 2.11. The average Bonchev–Trinajstić information content (AvgIpc) is 3.00. The molecule has 14 heavy (non-hydrogen) atoms. The van der Waals surface area contributed by atoms with Crippen LogP contribution in [0, 0.1) is 17.2 Å². The van der Waals surface area contributed by atoms with E-state index >= 15 is 0 Å². The van der Waals surface area contributed by atoms with Crippen molar-refractivity contribution in [3.63, 3.8) is 0 Å². The fraction of sp³-hybridized carbons (Fsp3) is 0.364. The van der Waals surface area contributed by atoms with Crippen LogP contribution in [0.3, 0.4) is 0 Å². The lowest BCUT2D eigenvalue weighted by Gasteiger charge is -2.08. The highest BCUT2D eigenvalue weighted by atomic mass is 14.9. The molecule has 0 unspecified atom stereocenters. The van der Waals surface area contributed by atoms with E-state index in [1.807, 2.05) is 12.1 Å². The molecule has 3 nitrogen and oxygen atoms in total. The third-order valence-corrected chi connectivity index (χ3v) is 2.50. The Morgan fingerprint density at radius 3 is 2.93 bits per heavy atom. The maximum atomic E-state index is 8.77. The zero-order chi connectivity index (χ0) is 9.97. The van der Waals surface area contributed by atoms with Gasteiger partial charge < -0.3 is 11.1 Å². The van der Waals surface area contributed by atoms with E-state index in [9.17, 15) is 0 Å². The summed E-state index contributed by atoms with van der Waals surface area (Å²) in [7, 11) is 0. The minimum absolute atomic E-state index is 0.547. The second-order valence-corrected chi connectivity index (χ2v) is 3.70. The summed E-state index contributed by atoms with van der Waals surface area (Å²) in [6, 6.07) is 7.57. The topological polar surface area (TPSA) is 61.8 Å². The van der Waals surface area contributed by atoms with E-state index in [4.69, 9.17) is 11.0 Å². The number of anilines is 2. The summed E-state index contributed by atoms with van der Waals surface area (Å²) in [5, 5.41) is 12.0. The molecule has 0 heterocycles. The zero-order valence-corrected chi connectivity index (χ0v) is 7.96. The lowest BCUT2D eigenvalue weighted by molar-refractivity contribution is 0.890. The van der Waals surface area contributed by atoms with Gasteiger partial charge in [-0.1, -0.05) is 6.07 Å². The Morgan fingerprint density at radius 1 is 1.50 bits per heavy atom. The number of nitrogens with zero attached hydrogens (tertiary/aromatic N) is 1. The van der Waals surface area contributed by atoms with E-state index < -0.39 is 0 Å². The molecule has 0 radical (unpaired) electrons. The predicted octanol–water partition coefficient (Wildman–Crippen LogP) is 1.96. The van der Waals surface area contributed by atoms with Crippen LogP contribution >= 0.6 is 0 Å². The fourth-order valence-corrected chi connectivity index (χ4v) is 1.39. The highest BCUT2D eigenvalue weighted by molar-refractivity contribution is 5.72. The first-order chi connectivity index (χ1) is 6.81. The van der Waals surface area contributed by atoms with Crippen molar-refractivity contribution in [3.05, 3.63) is 23.8 Å². The van der Waals surface area contributed by atoms with Crippen molar-refractivity contribution in [1.29, 1.82) is 5.26 Å². The number of rotatable bonds is 3. The van der Waals surface area contributed by atoms with E-state index in [0.29, 0.717) is 11.3 Å². The number of benzene rings is 1. The molecular weight excluding hydrogens is 174 g/mol. The van der Waals surface area contributed by atoms with Crippen molar-refractivity contribution < 1.29 is 0 Å². The van der Waals surface area contributed by atoms with Crippen molar-refractivity contribution in [2.75, 3.05) is 17.6 Å². The largest absolute Gasteiger partial charge is 0.396 e. The van der Waals surface area contributed by atoms with Crippen LogP contribution in [0.1, 0.15) is 18.4 Å². The van der Waals surface area contributed by atoms with Gasteiger partial charge in [-0.25, -0.2) is 0 Å². The maximum absolute atomic E-state index is 8.77. The zero-order valence-electron chi connectivity index (χ0n) is 7.96. The Kier molecular flexibility index (Phi) is 2.28. The van der Waals surface area contributed by atoms with Gasteiger partial charge in [-0.15, -0.1) is 0 Å². The number of hydrogen-bond donors (Lipinski definition) is 2. The van der Waals surface area contributed by atoms with Gasteiger partial charge in [0.2, 0.25) is 0 Å². The molecule has 1 fully saturated rings. The number of hydrogen-bond acceptors (Lipinski definition) is 3. The average molecular weight is 187 g/mol. The molecular formula is C11H13N3. The van der Waals surface area contributed by atoms with Gasteiger partial charge in [0, 0.05) is 6.54 Å². The summed E-state index contributed by atoms with van der Waals surface area (Å²) in [6.45, 7) is 0.971. The van der Waals surface area contributed by atoms with Crippen LogP contribution in [0.15, 0.2) is 18.2 Å². The molecule has 0 spiro atoms. The summed E-state index contributed by atoms with van der Waals surface area (Å²) in [6.07, 6.45) is 2.62. The van der Waals surface area contributed by atoms with Gasteiger partial charge >= 0.3 is 0 Å². The van der Waals surface area contributed by atoms with E-state index in [1.165, 1.54) is 12.8 Å². The minimum atomic E-state index is 0.547. The quantitative estimate of drug-likeness (QED) is 0.711. The van der Waals surface area contributed by atoms with E-state index in [1.54, 1.807) is 6.07 Å². The summed E-state index contributed by atoms with van der Waals surface area (Å²) in [5.41, 5.74) is 7.81. The number of nitrogen functional groups attached to an aromatic ring is 1. The van der Waals surface area contributed by atoms with Gasteiger partial charge in [0.1, 0.15) is 6.07 Å². The SMILES string of the molecule is N#Cc1cccc(NCC2CC2)c1N. The number of nitrogens with two attached hydrogens (primary N) is 1. The molecule has 2 rings (SSSR count). The summed E-state index contributed by atoms with van der Waals surface area (Å²) < 4.78 is 0. The van der Waals surface area contributed by atoms with E-state index in [2.05, 4.69) is 11.4 Å². The molecule has 0 atom stereocenters. The van der Waals surface area contributed by atoms with Crippen LogP contribution in [0.4, 0.5) is 11.4 Å². The van der Waals surface area contributed by atoms with E-state index in [0.717, 1.165) is 18.2 Å². The molecule has 0 bridgehead atoms. The Morgan fingerprint density at radius 2 is 2.29 bits per heavy atom. The molecule has 72 valence electrons. The van der Waals surface area contributed by atoms with Gasteiger partial charge in [-0.2, -0.15) is 5.26 Å². The van der Waals surface area contributed by atoms with Gasteiger partial charge in [-0.05, 0) is 30.9 Å². The lowest BCUT2D eigenvalue weighted by Crippen LogP contribution is -2.06. The van der Waals surface area contributed by atoms with Crippen molar-refractivity contribution in [2.24, 2.45) is 5.92 Å². The first-order valence-electron chi connectivity index (χ1n) is 4.83. The third-order valence-electron chi connectivity index (χ3n) is 2.50. The Hall–Kier alpha value is -1.69. The molecule has 1 aromatic rings. The van der Waals surface area contributed by atoms with Crippen LogP contribution in [-0.4, -0.2) is 6.54 Å². The maximum Gasteiger partial charge on any atom is 0.101 e. The monoisotopic (exact) mass is 187 g/mol. The Bertz CT molecular complexity index is 375. The van der Waals surface area contributed by atoms with Crippen molar-refractivity contribution in [1.82, 2.24) is 0 Å². The highest BCUT2D eigenvalue weighted by Crippen LogP contribution is 2.30. The van der Waals surface area contributed by atoms with Gasteiger partial charge in [0.05, 0.1) is 16.9 Å². The summed E-state index contributed by atoms with van der Waals surface area (Å²) in [5.74, 6) is 0.806. The number of nitriles is 1. The van der Waals surface area contributed by atoms with E-state index in [-0.39, 0.29) is 0 Å². The first kappa shape index (κ1) is 8.89. The molecule has 0 saturated heterocycles. The van der Waals surface area contributed by atoms with Crippen LogP contribution < -0.4 is 11.1 Å². The van der Waals surface area contributed by atoms with Crippen molar-refractivity contribution in [3.8, 4) is 6.07 Å². The molecule has 0 amide bonds. The second-order valence-electron chi connectivity index (χ2n) is 3.70. The fourth-order valence-electron chi connectivity index (χ4n) is 1.39. The van der Waals surface area contributed by atoms with Crippen LogP contribution in [0.5, 0.6) is 0 Å². The minimum Gasteiger partial charge on any atom is -0.396 e. The Labute approximate surface area is 83.5 Å². The van der Waals surface area contributed by atoms with Gasteiger partial charge in [0.25, 0.3) is 0 Å². The number of nitrogens with one attached hydrogen (secondary N) is 1. The summed E-state index contributed by atoms with van der Waals surface area (Å²) in [4.78, 5) is 0. The molecule has 1 aliphatic rings. The van der Waals surface area contributed by atoms with Crippen LogP contribution in [0.25, 0.3) is 0 Å². The molecule has 0 aromatic heterocycles. The molecule has 3 N–H and O–H groups in total. The molecule has 1 aromatic carbocycles. The predicted molar refractivity (Wildman–Crippen MR) is 56.8 cm³/mol. The van der Waals surface area contributed by atoms with Gasteiger partial charge in [0.15, 0.2) is 0 Å². The molecule has 3 heteroatoms. The highest BCUT2D eigenvalue weighted by Gasteiger charge is 2.20. The third kappa shape index (κ3) is 1.80. The lowest BCUT2D eigenvalue weighted by atomic mass is 10.1. The molecule has 1 saturated carbocycles. The normalized spacial score (nSPS) is 14.8. The first-order valence-corrected chi connectivity index (χ1v) is 4.83. The number of para-hydroxylation sites is 1. The smallest absolute Gasteiger partial charge is 0.101 e. The molecule has 0 aliphatic heterocycles. The van der Waals surface area contributed by atoms with Gasteiger partial charge in [-0.3, -0.25) is 0 Å². The van der Waals surface area contributed by atoms with Crippen LogP contribution in [-0.2, 0) is 0 Å².